The number of para-hydroxylation sites is 1. The van der Waals surface area contributed by atoms with Crippen molar-refractivity contribution in [3.05, 3.63) is 110 Å². The maximum atomic E-state index is 13.7. The molecule has 5 aromatic rings. The number of aryl methyl sites for hydroxylation is 3. The minimum atomic E-state index is -0.309. The molecular formula is C29H27ClN4O2. The summed E-state index contributed by atoms with van der Waals surface area (Å²) in [6.45, 7) is 6.95. The highest BCUT2D eigenvalue weighted by Crippen LogP contribution is 2.28. The third kappa shape index (κ3) is 4.40. The Bertz CT molecular complexity index is 1660. The van der Waals surface area contributed by atoms with Crippen LogP contribution in [-0.2, 0) is 24.4 Å². The van der Waals surface area contributed by atoms with Gasteiger partial charge in [-0.2, -0.15) is 5.10 Å². The number of nitrogens with zero attached hydrogens (tertiary/aromatic N) is 3. The molecule has 0 radical (unpaired) electrons. The molecule has 0 spiro atoms. The van der Waals surface area contributed by atoms with Gasteiger partial charge in [0.05, 0.1) is 6.20 Å². The Morgan fingerprint density at radius 1 is 0.972 bits per heavy atom. The van der Waals surface area contributed by atoms with Crippen LogP contribution >= 0.6 is 11.6 Å². The van der Waals surface area contributed by atoms with Gasteiger partial charge >= 0.3 is 0 Å². The maximum Gasteiger partial charge on any atom is 0.291 e. The zero-order valence-electron chi connectivity index (χ0n) is 20.5. The van der Waals surface area contributed by atoms with E-state index in [0.717, 1.165) is 21.9 Å². The highest BCUT2D eigenvalue weighted by molar-refractivity contribution is 6.31. The molecule has 6 nitrogen and oxygen atoms in total. The Kier molecular flexibility index (Phi) is 6.37. The molecule has 3 aromatic carbocycles. The molecule has 0 bridgehead atoms. The van der Waals surface area contributed by atoms with E-state index in [0.29, 0.717) is 17.1 Å². The molecule has 1 amide bonds. The van der Waals surface area contributed by atoms with Crippen LogP contribution in [0.3, 0.4) is 0 Å². The fourth-order valence-corrected chi connectivity index (χ4v) is 5.12. The predicted octanol–water partition coefficient (Wildman–Crippen LogP) is 5.29. The Balaban J connectivity index is 1.53. The number of nitrogens with one attached hydrogen (secondary N) is 1. The molecule has 0 unspecified atom stereocenters. The van der Waals surface area contributed by atoms with Crippen molar-refractivity contribution < 1.29 is 4.79 Å². The standard InChI is InChI=1S/C29H27ClN4O2/c1-18-12-19(2)24(20(3)13-18)16-33-26-11-7-5-9-22(26)23-15-32-34(29(36)28(23)33)17-27(35)31-14-21-8-4-6-10-25(21)30/h4-13,15H,14,16-17H2,1-3H3,(H,31,35). The first kappa shape index (κ1) is 23.8. The number of carbonyl (C=O) groups is 1. The summed E-state index contributed by atoms with van der Waals surface area (Å²) in [6.07, 6.45) is 1.69. The quantitative estimate of drug-likeness (QED) is 0.345. The molecule has 0 saturated carbocycles. The summed E-state index contributed by atoms with van der Waals surface area (Å²) in [5.41, 5.74) is 6.80. The summed E-state index contributed by atoms with van der Waals surface area (Å²) in [5.74, 6) is -0.309. The van der Waals surface area contributed by atoms with Gasteiger partial charge < -0.3 is 9.88 Å². The van der Waals surface area contributed by atoms with E-state index in [2.05, 4.69) is 47.9 Å². The zero-order valence-corrected chi connectivity index (χ0v) is 21.3. The Morgan fingerprint density at radius 3 is 2.42 bits per heavy atom. The van der Waals surface area contributed by atoms with E-state index >= 15 is 0 Å². The van der Waals surface area contributed by atoms with Crippen molar-refractivity contribution >= 4 is 39.3 Å². The van der Waals surface area contributed by atoms with E-state index < -0.39 is 0 Å². The van der Waals surface area contributed by atoms with Crippen molar-refractivity contribution in [2.24, 2.45) is 0 Å². The summed E-state index contributed by atoms with van der Waals surface area (Å²) < 4.78 is 3.28. The number of rotatable bonds is 6. The highest BCUT2D eigenvalue weighted by Gasteiger charge is 2.18. The molecule has 36 heavy (non-hydrogen) atoms. The maximum absolute atomic E-state index is 13.7. The normalized spacial score (nSPS) is 11.3. The van der Waals surface area contributed by atoms with Crippen LogP contribution in [0.15, 0.2) is 71.7 Å². The van der Waals surface area contributed by atoms with Crippen LogP contribution in [0.4, 0.5) is 0 Å². The van der Waals surface area contributed by atoms with Crippen molar-refractivity contribution in [2.75, 3.05) is 0 Å². The summed E-state index contributed by atoms with van der Waals surface area (Å²) in [6, 6.07) is 19.6. The molecule has 0 saturated heterocycles. The lowest BCUT2D eigenvalue weighted by molar-refractivity contribution is -0.122. The zero-order chi connectivity index (χ0) is 25.4. The van der Waals surface area contributed by atoms with Gasteiger partial charge in [0.1, 0.15) is 12.1 Å². The topological polar surface area (TPSA) is 68.9 Å². The number of hydrogen-bond acceptors (Lipinski definition) is 3. The van der Waals surface area contributed by atoms with Crippen LogP contribution in [0.5, 0.6) is 0 Å². The second-order valence-electron chi connectivity index (χ2n) is 9.22. The van der Waals surface area contributed by atoms with Crippen LogP contribution in [0.2, 0.25) is 5.02 Å². The highest BCUT2D eigenvalue weighted by atomic mass is 35.5. The number of amides is 1. The first-order valence-electron chi connectivity index (χ1n) is 11.9. The lowest BCUT2D eigenvalue weighted by atomic mass is 10.00. The van der Waals surface area contributed by atoms with Crippen molar-refractivity contribution in [1.29, 1.82) is 0 Å². The van der Waals surface area contributed by atoms with Crippen LogP contribution < -0.4 is 10.9 Å². The Labute approximate surface area is 214 Å². The van der Waals surface area contributed by atoms with Gasteiger partial charge in [-0.3, -0.25) is 9.59 Å². The summed E-state index contributed by atoms with van der Waals surface area (Å²) in [5, 5.41) is 9.51. The van der Waals surface area contributed by atoms with E-state index in [9.17, 15) is 9.59 Å². The first-order valence-corrected chi connectivity index (χ1v) is 12.2. The van der Waals surface area contributed by atoms with Crippen LogP contribution in [0.1, 0.15) is 27.8 Å². The predicted molar refractivity (Wildman–Crippen MR) is 145 cm³/mol. The minimum absolute atomic E-state index is 0.177. The van der Waals surface area contributed by atoms with Crippen molar-refractivity contribution in [3.8, 4) is 0 Å². The molecule has 2 aromatic heterocycles. The van der Waals surface area contributed by atoms with Gasteiger partial charge in [0.2, 0.25) is 5.91 Å². The van der Waals surface area contributed by atoms with E-state index in [1.54, 1.807) is 12.3 Å². The van der Waals surface area contributed by atoms with Crippen molar-refractivity contribution in [3.63, 3.8) is 0 Å². The second-order valence-corrected chi connectivity index (χ2v) is 9.63. The number of fused-ring (bicyclic) bond motifs is 3. The smallest absolute Gasteiger partial charge is 0.291 e. The fourth-order valence-electron chi connectivity index (χ4n) is 4.92. The third-order valence-electron chi connectivity index (χ3n) is 6.66. The van der Waals surface area contributed by atoms with E-state index in [4.69, 9.17) is 11.6 Å². The number of benzene rings is 3. The molecule has 7 heteroatoms. The van der Waals surface area contributed by atoms with Gasteiger partial charge in [-0.25, -0.2) is 4.68 Å². The number of carbonyl (C=O) groups excluding carboxylic acids is 1. The molecule has 0 aliphatic rings. The average Bonchev–Trinajstić information content (AvgIpc) is 3.17. The lowest BCUT2D eigenvalue weighted by Crippen LogP contribution is -2.34. The van der Waals surface area contributed by atoms with Crippen molar-refractivity contribution in [1.82, 2.24) is 19.7 Å². The number of halogens is 1. The Hall–Kier alpha value is -3.90. The molecule has 5 rings (SSSR count). The summed E-state index contributed by atoms with van der Waals surface area (Å²) in [7, 11) is 0. The molecule has 0 aliphatic heterocycles. The van der Waals surface area contributed by atoms with E-state index in [1.807, 2.05) is 42.5 Å². The summed E-state index contributed by atoms with van der Waals surface area (Å²) >= 11 is 6.19. The fraction of sp³-hybridized carbons (Fsp3) is 0.207. The molecule has 0 aliphatic carbocycles. The average molecular weight is 499 g/mol. The third-order valence-corrected chi connectivity index (χ3v) is 7.03. The van der Waals surface area contributed by atoms with E-state index in [-0.39, 0.29) is 24.6 Å². The van der Waals surface area contributed by atoms with Gasteiger partial charge in [-0.1, -0.05) is 65.7 Å². The molecule has 0 fully saturated rings. The monoisotopic (exact) mass is 498 g/mol. The van der Waals surface area contributed by atoms with Gasteiger partial charge in [0.25, 0.3) is 5.56 Å². The molecule has 1 N–H and O–H groups in total. The van der Waals surface area contributed by atoms with Gasteiger partial charge in [-0.15, -0.1) is 0 Å². The molecular weight excluding hydrogens is 472 g/mol. The molecule has 0 atom stereocenters. The number of hydrogen-bond donors (Lipinski definition) is 1. The summed E-state index contributed by atoms with van der Waals surface area (Å²) in [4.78, 5) is 26.4. The molecule has 182 valence electrons. The van der Waals surface area contributed by atoms with Crippen LogP contribution in [-0.4, -0.2) is 20.3 Å². The van der Waals surface area contributed by atoms with Gasteiger partial charge in [-0.05, 0) is 55.2 Å². The molecule has 2 heterocycles. The minimum Gasteiger partial charge on any atom is -0.350 e. The van der Waals surface area contributed by atoms with Crippen LogP contribution in [0.25, 0.3) is 21.8 Å². The SMILES string of the molecule is Cc1cc(C)c(Cn2c3ccccc3c3cnn(CC(=O)NCc4ccccc4Cl)c(=O)c32)c(C)c1. The second kappa shape index (κ2) is 9.63. The van der Waals surface area contributed by atoms with Gasteiger partial charge in [0.15, 0.2) is 0 Å². The largest absolute Gasteiger partial charge is 0.350 e. The van der Waals surface area contributed by atoms with Crippen molar-refractivity contribution in [2.45, 2.75) is 40.4 Å². The van der Waals surface area contributed by atoms with E-state index in [1.165, 1.54) is 26.9 Å². The number of aromatic nitrogens is 3. The Morgan fingerprint density at radius 2 is 1.67 bits per heavy atom. The van der Waals surface area contributed by atoms with Gasteiger partial charge in [0, 0.05) is 34.4 Å². The van der Waals surface area contributed by atoms with Crippen LogP contribution in [0, 0.1) is 20.8 Å². The lowest BCUT2D eigenvalue weighted by Gasteiger charge is -2.14. The first-order chi connectivity index (χ1) is 17.3.